The summed E-state index contributed by atoms with van der Waals surface area (Å²) in [5.41, 5.74) is 6.59. The average Bonchev–Trinajstić information content (AvgIpc) is 3.11. The zero-order valence-corrected chi connectivity index (χ0v) is 12.0. The summed E-state index contributed by atoms with van der Waals surface area (Å²) in [4.78, 5) is 17.4. The molecule has 0 aromatic carbocycles. The van der Waals surface area contributed by atoms with Crippen LogP contribution in [0.1, 0.15) is 22.5 Å². The van der Waals surface area contributed by atoms with Crippen LogP contribution in [0.5, 0.6) is 0 Å². The Labute approximate surface area is 117 Å². The van der Waals surface area contributed by atoms with Crippen molar-refractivity contribution in [1.29, 1.82) is 0 Å². The van der Waals surface area contributed by atoms with Crippen molar-refractivity contribution in [2.75, 3.05) is 43.9 Å². The van der Waals surface area contributed by atoms with Crippen LogP contribution in [0.15, 0.2) is 6.07 Å². The second-order valence-corrected chi connectivity index (χ2v) is 6.44. The fourth-order valence-electron chi connectivity index (χ4n) is 2.23. The first-order valence-corrected chi connectivity index (χ1v) is 7.59. The molecule has 5 nitrogen and oxygen atoms in total. The van der Waals surface area contributed by atoms with Gasteiger partial charge in [-0.05, 0) is 26.0 Å². The number of rotatable bonds is 3. The normalized spacial score (nSPS) is 20.6. The van der Waals surface area contributed by atoms with E-state index in [1.165, 1.54) is 11.3 Å². The van der Waals surface area contributed by atoms with Gasteiger partial charge in [0.05, 0.1) is 10.7 Å². The van der Waals surface area contributed by atoms with Gasteiger partial charge in [0.1, 0.15) is 4.88 Å². The molecule has 19 heavy (non-hydrogen) atoms. The molecule has 1 saturated carbocycles. The van der Waals surface area contributed by atoms with Gasteiger partial charge in [-0.3, -0.25) is 4.79 Å². The van der Waals surface area contributed by atoms with Crippen molar-refractivity contribution in [2.24, 2.45) is 0 Å². The monoisotopic (exact) mass is 280 g/mol. The lowest BCUT2D eigenvalue weighted by Gasteiger charge is -2.32. The van der Waals surface area contributed by atoms with Crippen LogP contribution in [0.3, 0.4) is 0 Å². The van der Waals surface area contributed by atoms with Gasteiger partial charge in [-0.25, -0.2) is 0 Å². The fourth-order valence-corrected chi connectivity index (χ4v) is 3.27. The summed E-state index contributed by atoms with van der Waals surface area (Å²) in [5, 5.41) is 4.12. The van der Waals surface area contributed by atoms with Crippen LogP contribution in [0.4, 0.5) is 10.7 Å². The number of hydrogen-bond donors (Lipinski definition) is 2. The van der Waals surface area contributed by atoms with Crippen LogP contribution in [-0.4, -0.2) is 50.1 Å². The second-order valence-electron chi connectivity index (χ2n) is 5.41. The number of amides is 1. The highest BCUT2D eigenvalue weighted by atomic mass is 32.1. The van der Waals surface area contributed by atoms with Crippen LogP contribution in [0.25, 0.3) is 0 Å². The van der Waals surface area contributed by atoms with E-state index < -0.39 is 0 Å². The van der Waals surface area contributed by atoms with E-state index in [2.05, 4.69) is 22.2 Å². The molecule has 1 aromatic rings. The first kappa shape index (κ1) is 12.7. The number of nitrogens with zero attached hydrogens (tertiary/aromatic N) is 2. The van der Waals surface area contributed by atoms with Gasteiger partial charge in [0, 0.05) is 32.2 Å². The Morgan fingerprint density at radius 1 is 1.37 bits per heavy atom. The minimum atomic E-state index is -0.00891. The highest BCUT2D eigenvalue weighted by molar-refractivity contribution is 7.18. The minimum absolute atomic E-state index is 0.00891. The Hall–Kier alpha value is -1.27. The summed E-state index contributed by atoms with van der Waals surface area (Å²) in [5.74, 6) is -0.00891. The number of piperazine rings is 1. The predicted octanol–water partition coefficient (Wildman–Crippen LogP) is 0.974. The number of nitrogens with two attached hydrogens (primary N) is 1. The van der Waals surface area contributed by atoms with Gasteiger partial charge >= 0.3 is 0 Å². The van der Waals surface area contributed by atoms with Crippen LogP contribution in [0.2, 0.25) is 0 Å². The van der Waals surface area contributed by atoms with Crippen LogP contribution >= 0.6 is 11.3 Å². The third-order valence-electron chi connectivity index (χ3n) is 3.68. The maximum absolute atomic E-state index is 12.1. The quantitative estimate of drug-likeness (QED) is 0.866. The van der Waals surface area contributed by atoms with E-state index in [1.54, 1.807) is 0 Å². The summed E-state index contributed by atoms with van der Waals surface area (Å²) < 4.78 is 0. The molecule has 2 fully saturated rings. The highest BCUT2D eigenvalue weighted by Gasteiger charge is 2.26. The van der Waals surface area contributed by atoms with Gasteiger partial charge in [0.25, 0.3) is 5.91 Å². The Kier molecular flexibility index (Phi) is 3.36. The first-order valence-electron chi connectivity index (χ1n) is 6.77. The molecule has 104 valence electrons. The molecule has 0 radical (unpaired) electrons. The molecule has 0 unspecified atom stereocenters. The maximum atomic E-state index is 12.1. The molecule has 6 heteroatoms. The van der Waals surface area contributed by atoms with Crippen LogP contribution in [0, 0.1) is 0 Å². The number of anilines is 2. The van der Waals surface area contributed by atoms with Gasteiger partial charge in [-0.1, -0.05) is 0 Å². The molecule has 0 bridgehead atoms. The summed E-state index contributed by atoms with van der Waals surface area (Å²) in [6, 6.07) is 2.32. The van der Waals surface area contributed by atoms with E-state index in [9.17, 15) is 4.79 Å². The van der Waals surface area contributed by atoms with E-state index >= 15 is 0 Å². The van der Waals surface area contributed by atoms with Crippen molar-refractivity contribution in [3.05, 3.63) is 10.9 Å². The zero-order valence-electron chi connectivity index (χ0n) is 11.2. The molecule has 0 spiro atoms. The number of carbonyl (C=O) groups excluding carboxylic acids is 1. The van der Waals surface area contributed by atoms with Gasteiger partial charge in [-0.2, -0.15) is 0 Å². The van der Waals surface area contributed by atoms with Crippen molar-refractivity contribution in [3.8, 4) is 0 Å². The average molecular weight is 280 g/mol. The van der Waals surface area contributed by atoms with E-state index in [-0.39, 0.29) is 5.91 Å². The number of nitrogen functional groups attached to an aromatic ring is 1. The van der Waals surface area contributed by atoms with Gasteiger partial charge < -0.3 is 20.9 Å². The summed E-state index contributed by atoms with van der Waals surface area (Å²) in [6.07, 6.45) is 2.20. The second kappa shape index (κ2) is 5.02. The first-order chi connectivity index (χ1) is 9.13. The lowest BCUT2D eigenvalue weighted by Crippen LogP contribution is -2.44. The highest BCUT2D eigenvalue weighted by Crippen LogP contribution is 2.33. The SMILES string of the molecule is CN1CCN(c2cc(N)c(C(=O)NC3CC3)s2)CC1. The van der Waals surface area contributed by atoms with E-state index in [1.807, 2.05) is 6.07 Å². The predicted molar refractivity (Wildman–Crippen MR) is 78.9 cm³/mol. The van der Waals surface area contributed by atoms with Crippen molar-refractivity contribution in [1.82, 2.24) is 10.2 Å². The van der Waals surface area contributed by atoms with Crippen molar-refractivity contribution >= 4 is 27.9 Å². The third kappa shape index (κ3) is 2.84. The Balaban J connectivity index is 1.71. The smallest absolute Gasteiger partial charge is 0.263 e. The molecule has 1 aliphatic heterocycles. The van der Waals surface area contributed by atoms with Crippen molar-refractivity contribution in [3.63, 3.8) is 0 Å². The Morgan fingerprint density at radius 3 is 2.68 bits per heavy atom. The number of carbonyl (C=O) groups is 1. The van der Waals surface area contributed by atoms with Gasteiger partial charge in [-0.15, -0.1) is 11.3 Å². The van der Waals surface area contributed by atoms with Crippen LogP contribution in [-0.2, 0) is 0 Å². The van der Waals surface area contributed by atoms with E-state index in [0.29, 0.717) is 16.6 Å². The molecule has 0 atom stereocenters. The number of thiophene rings is 1. The Bertz CT molecular complexity index is 475. The van der Waals surface area contributed by atoms with Crippen molar-refractivity contribution in [2.45, 2.75) is 18.9 Å². The lowest BCUT2D eigenvalue weighted by molar-refractivity contribution is 0.0956. The van der Waals surface area contributed by atoms with E-state index in [4.69, 9.17) is 5.73 Å². The number of hydrogen-bond acceptors (Lipinski definition) is 5. The topological polar surface area (TPSA) is 61.6 Å². The van der Waals surface area contributed by atoms with Gasteiger partial charge in [0.15, 0.2) is 0 Å². The largest absolute Gasteiger partial charge is 0.397 e. The fraction of sp³-hybridized carbons (Fsp3) is 0.615. The third-order valence-corrected chi connectivity index (χ3v) is 4.89. The minimum Gasteiger partial charge on any atom is -0.397 e. The van der Waals surface area contributed by atoms with Crippen LogP contribution < -0.4 is 16.0 Å². The molecule has 1 aromatic heterocycles. The molecule has 3 rings (SSSR count). The molecule has 1 saturated heterocycles. The van der Waals surface area contributed by atoms with E-state index in [0.717, 1.165) is 44.0 Å². The standard InChI is InChI=1S/C13H20N4OS/c1-16-4-6-17(7-5-16)11-8-10(14)12(19-11)13(18)15-9-2-3-9/h8-9H,2-7,14H2,1H3,(H,15,18). The maximum Gasteiger partial charge on any atom is 0.263 e. The molecule has 2 aliphatic rings. The summed E-state index contributed by atoms with van der Waals surface area (Å²) in [6.45, 7) is 4.11. The molecular weight excluding hydrogens is 260 g/mol. The Morgan fingerprint density at radius 2 is 2.05 bits per heavy atom. The molecule has 2 heterocycles. The lowest BCUT2D eigenvalue weighted by atomic mass is 10.3. The van der Waals surface area contributed by atoms with Crippen molar-refractivity contribution < 1.29 is 4.79 Å². The molecule has 3 N–H and O–H groups in total. The number of likely N-dealkylation sites (N-methyl/N-ethyl adjacent to an activating group) is 1. The molecular formula is C13H20N4OS. The number of nitrogens with one attached hydrogen (secondary N) is 1. The molecule has 1 aliphatic carbocycles. The molecule has 1 amide bonds. The van der Waals surface area contributed by atoms with Gasteiger partial charge in [0.2, 0.25) is 0 Å². The summed E-state index contributed by atoms with van der Waals surface area (Å²) >= 11 is 1.52. The summed E-state index contributed by atoms with van der Waals surface area (Å²) in [7, 11) is 2.13. The zero-order chi connectivity index (χ0) is 13.4.